The largest absolute Gasteiger partial charge is 0.387 e. The van der Waals surface area contributed by atoms with E-state index in [9.17, 15) is 9.90 Å². The summed E-state index contributed by atoms with van der Waals surface area (Å²) >= 11 is 7.49. The number of amides is 1. The third-order valence-electron chi connectivity index (χ3n) is 6.78. The third-order valence-corrected chi connectivity index (χ3v) is 8.05. The van der Waals surface area contributed by atoms with Gasteiger partial charge in [-0.05, 0) is 66.1 Å². The Kier molecular flexibility index (Phi) is 8.29. The molecule has 0 radical (unpaired) electrons. The summed E-state index contributed by atoms with van der Waals surface area (Å²) in [4.78, 5) is 21.8. The molecule has 3 heterocycles. The Balaban J connectivity index is 1.10. The summed E-state index contributed by atoms with van der Waals surface area (Å²) in [6, 6.07) is 16.1. The normalized spacial score (nSPS) is 21.2. The van der Waals surface area contributed by atoms with E-state index in [2.05, 4.69) is 44.4 Å². The number of thioether (sulfide) groups is 1. The minimum absolute atomic E-state index is 0.166. The van der Waals surface area contributed by atoms with Gasteiger partial charge in [-0.3, -0.25) is 4.79 Å². The van der Waals surface area contributed by atoms with Crippen LogP contribution in [0.4, 0.5) is 5.69 Å². The summed E-state index contributed by atoms with van der Waals surface area (Å²) in [5.74, 6) is -0.166. The SMILES string of the molecule is O=C1N=C(N2CCOCC2)SC1=Cc1ccc(N2CCC(NC[C@@H](O)c3cccc(Cl)c3)CC2)cc1. The van der Waals surface area contributed by atoms with Crippen molar-refractivity contribution in [2.24, 2.45) is 4.99 Å². The molecule has 2 fully saturated rings. The van der Waals surface area contributed by atoms with E-state index < -0.39 is 6.10 Å². The highest BCUT2D eigenvalue weighted by atomic mass is 35.5. The Labute approximate surface area is 221 Å². The maximum absolute atomic E-state index is 12.4. The number of rotatable bonds is 6. The Morgan fingerprint density at radius 2 is 1.86 bits per heavy atom. The lowest BCUT2D eigenvalue weighted by Crippen LogP contribution is -2.43. The molecule has 2 aromatic carbocycles. The molecular weight excluding hydrogens is 496 g/mol. The summed E-state index contributed by atoms with van der Waals surface area (Å²) in [6.45, 7) is 5.32. The van der Waals surface area contributed by atoms with Crippen molar-refractivity contribution in [1.82, 2.24) is 10.2 Å². The van der Waals surface area contributed by atoms with Gasteiger partial charge in [0.05, 0.1) is 24.2 Å². The van der Waals surface area contributed by atoms with E-state index in [0.29, 0.717) is 35.7 Å². The molecule has 9 heteroatoms. The van der Waals surface area contributed by atoms with E-state index in [1.54, 1.807) is 0 Å². The van der Waals surface area contributed by atoms with Gasteiger partial charge in [0.15, 0.2) is 5.17 Å². The molecule has 36 heavy (non-hydrogen) atoms. The molecule has 0 bridgehead atoms. The van der Waals surface area contributed by atoms with Crippen LogP contribution in [0.15, 0.2) is 58.4 Å². The highest BCUT2D eigenvalue weighted by Crippen LogP contribution is 2.31. The summed E-state index contributed by atoms with van der Waals surface area (Å²) < 4.78 is 5.39. The van der Waals surface area contributed by atoms with Crippen LogP contribution in [0, 0.1) is 0 Å². The zero-order valence-electron chi connectivity index (χ0n) is 20.1. The quantitative estimate of drug-likeness (QED) is 0.552. The van der Waals surface area contributed by atoms with Gasteiger partial charge in [0, 0.05) is 49.5 Å². The molecule has 7 nitrogen and oxygen atoms in total. The molecule has 0 unspecified atom stereocenters. The smallest absolute Gasteiger partial charge is 0.286 e. The molecular formula is C27H31ClN4O3S. The van der Waals surface area contributed by atoms with Crippen LogP contribution in [-0.2, 0) is 9.53 Å². The van der Waals surface area contributed by atoms with Crippen LogP contribution in [0.25, 0.3) is 6.08 Å². The zero-order chi connectivity index (χ0) is 24.9. The second-order valence-corrected chi connectivity index (χ2v) is 10.7. The zero-order valence-corrected chi connectivity index (χ0v) is 21.7. The average Bonchev–Trinajstić information content (AvgIpc) is 3.28. The van der Waals surface area contributed by atoms with E-state index >= 15 is 0 Å². The van der Waals surface area contributed by atoms with Crippen molar-refractivity contribution in [2.75, 3.05) is 50.8 Å². The van der Waals surface area contributed by atoms with Gasteiger partial charge in [-0.15, -0.1) is 0 Å². The summed E-state index contributed by atoms with van der Waals surface area (Å²) in [5.41, 5.74) is 3.02. The lowest BCUT2D eigenvalue weighted by Gasteiger charge is -2.34. The van der Waals surface area contributed by atoms with Gasteiger partial charge in [-0.1, -0.05) is 35.9 Å². The minimum Gasteiger partial charge on any atom is -0.387 e. The monoisotopic (exact) mass is 526 g/mol. The third kappa shape index (κ3) is 6.30. The summed E-state index contributed by atoms with van der Waals surface area (Å²) in [7, 11) is 0. The van der Waals surface area contributed by atoms with Gasteiger partial charge in [-0.25, -0.2) is 0 Å². The van der Waals surface area contributed by atoms with E-state index in [-0.39, 0.29) is 5.91 Å². The van der Waals surface area contributed by atoms with Crippen molar-refractivity contribution in [3.05, 3.63) is 69.6 Å². The van der Waals surface area contributed by atoms with E-state index in [1.165, 1.54) is 17.4 Å². The lowest BCUT2D eigenvalue weighted by molar-refractivity contribution is -0.113. The van der Waals surface area contributed by atoms with Crippen molar-refractivity contribution in [3.8, 4) is 0 Å². The number of ether oxygens (including phenoxy) is 1. The predicted molar refractivity (Wildman–Crippen MR) is 146 cm³/mol. The molecule has 190 valence electrons. The number of amidine groups is 1. The van der Waals surface area contributed by atoms with Crippen LogP contribution >= 0.6 is 23.4 Å². The highest BCUT2D eigenvalue weighted by Gasteiger charge is 2.27. The van der Waals surface area contributed by atoms with Crippen LogP contribution < -0.4 is 10.2 Å². The van der Waals surface area contributed by atoms with Crippen molar-refractivity contribution in [1.29, 1.82) is 0 Å². The maximum Gasteiger partial charge on any atom is 0.286 e. The number of morpholine rings is 1. The number of piperidine rings is 1. The van der Waals surface area contributed by atoms with Crippen molar-refractivity contribution in [2.45, 2.75) is 25.0 Å². The molecule has 1 atom stereocenters. The van der Waals surface area contributed by atoms with E-state index in [4.69, 9.17) is 16.3 Å². The van der Waals surface area contributed by atoms with Crippen LogP contribution in [0.3, 0.4) is 0 Å². The van der Waals surface area contributed by atoms with Crippen LogP contribution in [0.2, 0.25) is 5.02 Å². The second kappa shape index (κ2) is 11.8. The van der Waals surface area contributed by atoms with E-state index in [0.717, 1.165) is 55.3 Å². The number of aliphatic hydroxyl groups excluding tert-OH is 1. The van der Waals surface area contributed by atoms with Gasteiger partial charge in [-0.2, -0.15) is 4.99 Å². The van der Waals surface area contributed by atoms with Crippen molar-refractivity contribution in [3.63, 3.8) is 0 Å². The van der Waals surface area contributed by atoms with Crippen LogP contribution in [0.1, 0.15) is 30.1 Å². The molecule has 2 N–H and O–H groups in total. The predicted octanol–water partition coefficient (Wildman–Crippen LogP) is 3.93. The first kappa shape index (κ1) is 25.3. The fourth-order valence-electron chi connectivity index (χ4n) is 4.67. The molecule has 0 aromatic heterocycles. The van der Waals surface area contributed by atoms with E-state index in [1.807, 2.05) is 30.3 Å². The first-order chi connectivity index (χ1) is 17.5. The Morgan fingerprint density at radius 3 is 2.58 bits per heavy atom. The number of carbonyl (C=O) groups excluding carboxylic acids is 1. The fourth-order valence-corrected chi connectivity index (χ4v) is 5.84. The lowest BCUT2D eigenvalue weighted by atomic mass is 10.0. The number of anilines is 1. The number of benzene rings is 2. The summed E-state index contributed by atoms with van der Waals surface area (Å²) in [5, 5.41) is 15.4. The van der Waals surface area contributed by atoms with Gasteiger partial charge in [0.25, 0.3) is 5.91 Å². The number of carbonyl (C=O) groups is 1. The van der Waals surface area contributed by atoms with Crippen LogP contribution in [-0.4, -0.2) is 73.1 Å². The summed E-state index contributed by atoms with van der Waals surface area (Å²) in [6.07, 6.45) is 3.39. The maximum atomic E-state index is 12.4. The number of nitrogens with one attached hydrogen (secondary N) is 1. The van der Waals surface area contributed by atoms with Crippen molar-refractivity contribution < 1.29 is 14.6 Å². The number of halogens is 1. The molecule has 5 rings (SSSR count). The van der Waals surface area contributed by atoms with Crippen LogP contribution in [0.5, 0.6) is 0 Å². The number of nitrogens with zero attached hydrogens (tertiary/aromatic N) is 3. The second-order valence-electron chi connectivity index (χ2n) is 9.24. The number of hydrogen-bond donors (Lipinski definition) is 2. The average molecular weight is 527 g/mol. The number of hydrogen-bond acceptors (Lipinski definition) is 7. The Morgan fingerprint density at radius 1 is 1.11 bits per heavy atom. The first-order valence-corrected chi connectivity index (χ1v) is 13.6. The minimum atomic E-state index is -0.566. The Bertz CT molecular complexity index is 1130. The molecule has 2 saturated heterocycles. The Hall–Kier alpha value is -2.36. The molecule has 3 aliphatic heterocycles. The van der Waals surface area contributed by atoms with Crippen molar-refractivity contribution >= 4 is 46.2 Å². The van der Waals surface area contributed by atoms with Gasteiger partial charge in [0.1, 0.15) is 0 Å². The number of aliphatic hydroxyl groups is 1. The molecule has 0 spiro atoms. The highest BCUT2D eigenvalue weighted by molar-refractivity contribution is 8.18. The molecule has 0 aliphatic carbocycles. The van der Waals surface area contributed by atoms with Gasteiger partial charge >= 0.3 is 0 Å². The van der Waals surface area contributed by atoms with Gasteiger partial charge in [0.2, 0.25) is 0 Å². The molecule has 1 amide bonds. The fraction of sp³-hybridized carbons (Fsp3) is 0.407. The first-order valence-electron chi connectivity index (χ1n) is 12.4. The topological polar surface area (TPSA) is 77.4 Å². The molecule has 3 aliphatic rings. The molecule has 2 aromatic rings. The number of aliphatic imine (C=N–C) groups is 1. The molecule has 0 saturated carbocycles. The van der Waals surface area contributed by atoms with Gasteiger partial charge < -0.3 is 25.0 Å². The standard InChI is InChI=1S/C27H31ClN4O3S/c28-21-3-1-2-20(17-21)24(33)18-29-22-8-10-31(11-9-22)23-6-4-19(5-7-23)16-25-26(34)30-27(36-25)32-12-14-35-15-13-32/h1-7,16-17,22,24,29,33H,8-15,18H2/t24-/m1/s1.